The smallest absolute Gasteiger partial charge is 0.241 e. The fraction of sp³-hybridized carbons (Fsp3) is 0.440. The summed E-state index contributed by atoms with van der Waals surface area (Å²) in [6.07, 6.45) is 1.05. The Kier molecular flexibility index (Phi) is 9.19. The predicted molar refractivity (Wildman–Crippen MR) is 131 cm³/mol. The van der Waals surface area contributed by atoms with E-state index in [4.69, 9.17) is 0 Å². The first-order valence-electron chi connectivity index (χ1n) is 11.2. The molecular weight excluding hydrogens is 438 g/mol. The summed E-state index contributed by atoms with van der Waals surface area (Å²) in [7, 11) is -3.91. The fourth-order valence-electron chi connectivity index (χ4n) is 3.46. The van der Waals surface area contributed by atoms with Gasteiger partial charge in [-0.05, 0) is 60.6 Å². The van der Waals surface area contributed by atoms with E-state index in [1.54, 1.807) is 0 Å². The zero-order valence-corrected chi connectivity index (χ0v) is 21.0. The van der Waals surface area contributed by atoms with Gasteiger partial charge in [0, 0.05) is 12.6 Å². The van der Waals surface area contributed by atoms with E-state index in [-0.39, 0.29) is 22.8 Å². The number of hydrogen-bond acceptors (Lipinski definition) is 4. The van der Waals surface area contributed by atoms with E-state index < -0.39 is 22.0 Å². The second kappa shape index (κ2) is 11.4. The Balaban J connectivity index is 2.09. The number of rotatable bonds is 10. The third-order valence-electron chi connectivity index (χ3n) is 5.65. The van der Waals surface area contributed by atoms with Gasteiger partial charge in [-0.2, -0.15) is 4.72 Å². The average molecular weight is 474 g/mol. The van der Waals surface area contributed by atoms with Crippen molar-refractivity contribution < 1.29 is 18.0 Å². The number of carbonyl (C=O) groups excluding carboxylic acids is 2. The van der Waals surface area contributed by atoms with Crippen LogP contribution in [0.1, 0.15) is 71.0 Å². The lowest BCUT2D eigenvalue weighted by molar-refractivity contribution is -0.123. The number of benzene rings is 2. The van der Waals surface area contributed by atoms with E-state index in [1.165, 1.54) is 43.7 Å². The van der Waals surface area contributed by atoms with Crippen LogP contribution in [0.5, 0.6) is 0 Å². The summed E-state index contributed by atoms with van der Waals surface area (Å²) < 4.78 is 27.9. The fourth-order valence-corrected chi connectivity index (χ4v) is 4.66. The van der Waals surface area contributed by atoms with Crippen molar-refractivity contribution in [2.24, 2.45) is 5.92 Å². The van der Waals surface area contributed by atoms with Crippen LogP contribution in [0.4, 0.5) is 5.69 Å². The number of carbonyl (C=O) groups is 2. The van der Waals surface area contributed by atoms with E-state index in [0.29, 0.717) is 11.6 Å². The zero-order valence-electron chi connectivity index (χ0n) is 20.2. The van der Waals surface area contributed by atoms with E-state index in [1.807, 2.05) is 26.0 Å². The van der Waals surface area contributed by atoms with Crippen LogP contribution in [0.3, 0.4) is 0 Å². The van der Waals surface area contributed by atoms with Crippen molar-refractivity contribution in [3.05, 3.63) is 59.7 Å². The molecule has 0 bridgehead atoms. The summed E-state index contributed by atoms with van der Waals surface area (Å²) in [5.41, 5.74) is 2.72. The molecule has 7 nitrogen and oxygen atoms in total. The molecule has 0 aromatic heterocycles. The van der Waals surface area contributed by atoms with Crippen LogP contribution in [0.15, 0.2) is 53.4 Å². The summed E-state index contributed by atoms with van der Waals surface area (Å²) in [5.74, 6) is -0.0669. The molecule has 0 saturated carbocycles. The largest absolute Gasteiger partial charge is 0.348 e. The minimum absolute atomic E-state index is 0.0114. The van der Waals surface area contributed by atoms with Gasteiger partial charge in [0.2, 0.25) is 21.8 Å². The lowest BCUT2D eigenvalue weighted by atomic mass is 9.92. The maximum Gasteiger partial charge on any atom is 0.241 e. The van der Waals surface area contributed by atoms with E-state index >= 15 is 0 Å². The topological polar surface area (TPSA) is 104 Å². The lowest BCUT2D eigenvalue weighted by Gasteiger charge is -2.25. The molecule has 0 radical (unpaired) electrons. The number of amides is 2. The number of sulfonamides is 1. The summed E-state index contributed by atoms with van der Waals surface area (Å²) in [4.78, 5) is 24.0. The number of nitrogens with one attached hydrogen (secondary N) is 3. The van der Waals surface area contributed by atoms with Crippen LogP contribution < -0.4 is 15.4 Å². The van der Waals surface area contributed by atoms with Crippen molar-refractivity contribution in [3.63, 3.8) is 0 Å². The average Bonchev–Trinajstić information content (AvgIpc) is 2.76. The highest BCUT2D eigenvalue weighted by Crippen LogP contribution is 2.25. The van der Waals surface area contributed by atoms with Crippen molar-refractivity contribution in [2.75, 3.05) is 5.32 Å². The standard InChI is InChI=1S/C25H35N3O4S/c1-7-17(4)20-8-10-21(11-9-20)24(16(2)3)27-25(30)18(5)28-33(31,32)23-14-12-22(13-15-23)26-19(6)29/h8-18,24,28H,7H2,1-6H3,(H,26,29)(H,27,30)/t17?,18-,24?/m0/s1. The molecule has 33 heavy (non-hydrogen) atoms. The summed E-state index contributed by atoms with van der Waals surface area (Å²) in [5, 5.41) is 5.57. The molecular formula is C25H35N3O4S. The summed E-state index contributed by atoms with van der Waals surface area (Å²) >= 11 is 0. The molecule has 180 valence electrons. The molecule has 2 aromatic carbocycles. The molecule has 2 aromatic rings. The van der Waals surface area contributed by atoms with Crippen LogP contribution in [-0.4, -0.2) is 26.3 Å². The molecule has 0 aliphatic rings. The molecule has 2 unspecified atom stereocenters. The second-order valence-corrected chi connectivity index (χ2v) is 10.5. The summed E-state index contributed by atoms with van der Waals surface area (Å²) in [6.45, 7) is 11.2. The highest BCUT2D eigenvalue weighted by molar-refractivity contribution is 7.89. The Morgan fingerprint density at radius 3 is 1.91 bits per heavy atom. The zero-order chi connectivity index (χ0) is 24.8. The van der Waals surface area contributed by atoms with Crippen molar-refractivity contribution in [1.82, 2.24) is 10.0 Å². The van der Waals surface area contributed by atoms with Crippen LogP contribution >= 0.6 is 0 Å². The van der Waals surface area contributed by atoms with Gasteiger partial charge >= 0.3 is 0 Å². The molecule has 0 aliphatic carbocycles. The van der Waals surface area contributed by atoms with Crippen LogP contribution in [0.2, 0.25) is 0 Å². The molecule has 0 spiro atoms. The van der Waals surface area contributed by atoms with Crippen molar-refractivity contribution in [2.45, 2.75) is 70.9 Å². The van der Waals surface area contributed by atoms with E-state index in [9.17, 15) is 18.0 Å². The summed E-state index contributed by atoms with van der Waals surface area (Å²) in [6, 6.07) is 12.8. The first-order valence-corrected chi connectivity index (χ1v) is 12.7. The Bertz CT molecular complexity index is 1050. The molecule has 0 saturated heterocycles. The Labute approximate surface area is 197 Å². The van der Waals surface area contributed by atoms with Crippen molar-refractivity contribution in [3.8, 4) is 0 Å². The highest BCUT2D eigenvalue weighted by Gasteiger charge is 2.26. The predicted octanol–water partition coefficient (Wildman–Crippen LogP) is 4.34. The van der Waals surface area contributed by atoms with E-state index in [2.05, 4.69) is 41.3 Å². The van der Waals surface area contributed by atoms with Gasteiger partial charge in [-0.3, -0.25) is 9.59 Å². The molecule has 2 rings (SSSR count). The van der Waals surface area contributed by atoms with Gasteiger partial charge in [0.25, 0.3) is 0 Å². The molecule has 3 N–H and O–H groups in total. The second-order valence-electron chi connectivity index (χ2n) is 8.75. The molecule has 0 heterocycles. The van der Waals surface area contributed by atoms with Crippen molar-refractivity contribution in [1.29, 1.82) is 0 Å². The lowest BCUT2D eigenvalue weighted by Crippen LogP contribution is -2.46. The van der Waals surface area contributed by atoms with Gasteiger partial charge in [0.15, 0.2) is 0 Å². The van der Waals surface area contributed by atoms with E-state index in [0.717, 1.165) is 12.0 Å². The van der Waals surface area contributed by atoms with Gasteiger partial charge in [-0.15, -0.1) is 0 Å². The van der Waals surface area contributed by atoms with Gasteiger partial charge in [-0.25, -0.2) is 8.42 Å². The van der Waals surface area contributed by atoms with Crippen LogP contribution in [-0.2, 0) is 19.6 Å². The third kappa shape index (κ3) is 7.40. The van der Waals surface area contributed by atoms with Gasteiger partial charge in [-0.1, -0.05) is 52.0 Å². The quantitative estimate of drug-likeness (QED) is 0.477. The minimum atomic E-state index is -3.91. The third-order valence-corrected chi connectivity index (χ3v) is 7.21. The first kappa shape index (κ1) is 26.5. The van der Waals surface area contributed by atoms with Gasteiger partial charge in [0.1, 0.15) is 0 Å². The maximum absolute atomic E-state index is 12.9. The monoisotopic (exact) mass is 473 g/mol. The normalized spacial score (nSPS) is 14.4. The van der Waals surface area contributed by atoms with Crippen LogP contribution in [0.25, 0.3) is 0 Å². The number of anilines is 1. The number of hydrogen-bond donors (Lipinski definition) is 3. The highest BCUT2D eigenvalue weighted by atomic mass is 32.2. The SMILES string of the molecule is CCC(C)c1ccc(C(NC(=O)[C@H](C)NS(=O)(=O)c2ccc(NC(C)=O)cc2)C(C)C)cc1. The van der Waals surface area contributed by atoms with Crippen LogP contribution in [0, 0.1) is 5.92 Å². The Morgan fingerprint density at radius 2 is 1.42 bits per heavy atom. The van der Waals surface area contributed by atoms with Gasteiger partial charge < -0.3 is 10.6 Å². The molecule has 3 atom stereocenters. The Hall–Kier alpha value is -2.71. The molecule has 2 amide bonds. The molecule has 0 aliphatic heterocycles. The van der Waals surface area contributed by atoms with Crippen molar-refractivity contribution >= 4 is 27.5 Å². The molecule has 0 fully saturated rings. The first-order chi connectivity index (χ1) is 15.4. The molecule has 8 heteroatoms. The minimum Gasteiger partial charge on any atom is -0.348 e. The Morgan fingerprint density at radius 1 is 0.879 bits per heavy atom. The maximum atomic E-state index is 12.9. The van der Waals surface area contributed by atoms with Gasteiger partial charge in [0.05, 0.1) is 17.0 Å².